The molecule has 0 aliphatic heterocycles. The second kappa shape index (κ2) is 17.4. The van der Waals surface area contributed by atoms with Crippen LogP contribution >= 0.6 is 0 Å². The van der Waals surface area contributed by atoms with Gasteiger partial charge in [0.15, 0.2) is 0 Å². The Balaban J connectivity index is -0.000000480. The van der Waals surface area contributed by atoms with Gasteiger partial charge in [-0.1, -0.05) is 19.3 Å². The van der Waals surface area contributed by atoms with E-state index in [1.54, 1.807) is 0 Å². The van der Waals surface area contributed by atoms with E-state index in [0.717, 1.165) is 38.5 Å². The fraction of sp³-hybridized carbons (Fsp3) is 0.500. The normalized spacial score (nSPS) is 16.0. The number of hydrogen-bond acceptors (Lipinski definition) is 0. The summed E-state index contributed by atoms with van der Waals surface area (Å²) in [7, 11) is 0. The number of hydrogen-bond donors (Lipinski definition) is 0. The summed E-state index contributed by atoms with van der Waals surface area (Å²) in [5, 5.41) is 0. The van der Waals surface area contributed by atoms with Gasteiger partial charge in [-0.3, -0.25) is 18.2 Å². The monoisotopic (exact) mass is 180 g/mol. The molecule has 3 heteroatoms. The Hall–Kier alpha value is 1.01. The van der Waals surface area contributed by atoms with Gasteiger partial charge in [0.1, 0.15) is 0 Å². The SMILES string of the molecule is [C-]1=CCC[C-]=CCC[C-]=CCC1.[Li+].[Li+].[Li+]. The molecular weight excluding hydrogens is 165 g/mol. The fourth-order valence-corrected chi connectivity index (χ4v) is 1.08. The predicted octanol–water partition coefficient (Wildman–Crippen LogP) is -5.57. The first-order valence-electron chi connectivity index (χ1n) is 4.65. The van der Waals surface area contributed by atoms with Crippen molar-refractivity contribution in [3.63, 3.8) is 0 Å². The van der Waals surface area contributed by atoms with Gasteiger partial charge in [0.25, 0.3) is 0 Å². The van der Waals surface area contributed by atoms with Crippen molar-refractivity contribution in [1.29, 1.82) is 0 Å². The van der Waals surface area contributed by atoms with Crippen LogP contribution in [0.2, 0.25) is 0 Å². The molecule has 0 aromatic carbocycles. The Morgan fingerprint density at radius 2 is 0.800 bits per heavy atom. The summed E-state index contributed by atoms with van der Waals surface area (Å²) in [4.78, 5) is 0. The van der Waals surface area contributed by atoms with Crippen molar-refractivity contribution in [3.05, 3.63) is 36.5 Å². The Morgan fingerprint density at radius 3 is 1.07 bits per heavy atom. The van der Waals surface area contributed by atoms with Gasteiger partial charge in [0.05, 0.1) is 0 Å². The molecule has 0 amide bonds. The molecule has 66 valence electrons. The Bertz CT molecular complexity index is 132. The van der Waals surface area contributed by atoms with E-state index in [-0.39, 0.29) is 56.6 Å². The minimum Gasteiger partial charge on any atom is -0.500 e. The molecule has 0 atom stereocenters. The third kappa shape index (κ3) is 15.0. The molecule has 0 unspecified atom stereocenters. The maximum absolute atomic E-state index is 3.25. The molecule has 0 saturated heterocycles. The summed E-state index contributed by atoms with van der Waals surface area (Å²) in [6, 6.07) is 0. The van der Waals surface area contributed by atoms with Crippen LogP contribution in [0.15, 0.2) is 18.2 Å². The Kier molecular flexibility index (Phi) is 24.7. The van der Waals surface area contributed by atoms with Gasteiger partial charge >= 0.3 is 56.6 Å². The van der Waals surface area contributed by atoms with Gasteiger partial charge in [0.2, 0.25) is 0 Å². The van der Waals surface area contributed by atoms with Crippen LogP contribution in [0.3, 0.4) is 0 Å². The Labute approximate surface area is 131 Å². The van der Waals surface area contributed by atoms with E-state index in [9.17, 15) is 0 Å². The molecule has 1 aliphatic rings. The van der Waals surface area contributed by atoms with Crippen molar-refractivity contribution in [1.82, 2.24) is 0 Å². The molecule has 0 heterocycles. The van der Waals surface area contributed by atoms with Crippen LogP contribution in [0.25, 0.3) is 0 Å². The van der Waals surface area contributed by atoms with Crippen LogP contribution in [0.1, 0.15) is 38.5 Å². The van der Waals surface area contributed by atoms with E-state index < -0.39 is 0 Å². The third-order valence-corrected chi connectivity index (χ3v) is 1.73. The van der Waals surface area contributed by atoms with Crippen LogP contribution < -0.4 is 56.6 Å². The molecule has 0 nitrogen and oxygen atoms in total. The standard InChI is InChI=1S/C12H15.3Li/c1-2-4-6-8-10-12-11-9-7-5-3-1;;;/h1,8-9H,2,4-5,7,10,12H2;;;/q-3;3*+1. The van der Waals surface area contributed by atoms with Gasteiger partial charge in [-0.15, -0.1) is 0 Å². The molecule has 0 radical (unpaired) electrons. The molecule has 15 heavy (non-hydrogen) atoms. The van der Waals surface area contributed by atoms with Crippen molar-refractivity contribution in [2.75, 3.05) is 0 Å². The maximum atomic E-state index is 3.25. The van der Waals surface area contributed by atoms with Gasteiger partial charge in [0, 0.05) is 0 Å². The van der Waals surface area contributed by atoms with Gasteiger partial charge < -0.3 is 18.2 Å². The van der Waals surface area contributed by atoms with Crippen LogP contribution in [-0.2, 0) is 0 Å². The molecular formula is C12H15Li3. The second-order valence-electron chi connectivity index (χ2n) is 2.84. The molecule has 0 bridgehead atoms. The van der Waals surface area contributed by atoms with Crippen LogP contribution in [0, 0.1) is 18.2 Å². The van der Waals surface area contributed by atoms with Crippen molar-refractivity contribution >= 4 is 0 Å². The summed E-state index contributed by atoms with van der Waals surface area (Å²) in [6.07, 6.45) is 22.5. The largest absolute Gasteiger partial charge is 1.00 e. The number of allylic oxidation sites excluding steroid dienone is 6. The van der Waals surface area contributed by atoms with E-state index in [1.165, 1.54) is 0 Å². The zero-order chi connectivity index (χ0) is 8.49. The average Bonchev–Trinajstić information content (AvgIpc) is 2.05. The first-order chi connectivity index (χ1) is 6.00. The molecule has 0 N–H and O–H groups in total. The van der Waals surface area contributed by atoms with Gasteiger partial charge in [-0.25, -0.2) is 0 Å². The predicted molar refractivity (Wildman–Crippen MR) is 51.1 cm³/mol. The van der Waals surface area contributed by atoms with Crippen LogP contribution in [0.5, 0.6) is 0 Å². The molecule has 0 saturated carbocycles. The summed E-state index contributed by atoms with van der Waals surface area (Å²) < 4.78 is 0. The summed E-state index contributed by atoms with van der Waals surface area (Å²) in [5.74, 6) is 0. The first-order valence-corrected chi connectivity index (χ1v) is 4.65. The minimum atomic E-state index is 0. The van der Waals surface area contributed by atoms with E-state index >= 15 is 0 Å². The third-order valence-electron chi connectivity index (χ3n) is 1.73. The van der Waals surface area contributed by atoms with E-state index in [4.69, 9.17) is 0 Å². The van der Waals surface area contributed by atoms with Crippen LogP contribution in [0.4, 0.5) is 0 Å². The summed E-state index contributed by atoms with van der Waals surface area (Å²) >= 11 is 0. The van der Waals surface area contributed by atoms with Gasteiger partial charge in [-0.2, -0.15) is 19.3 Å². The van der Waals surface area contributed by atoms with Crippen molar-refractivity contribution < 1.29 is 56.6 Å². The topological polar surface area (TPSA) is 0 Å². The van der Waals surface area contributed by atoms with Crippen LogP contribution in [-0.4, -0.2) is 0 Å². The quantitative estimate of drug-likeness (QED) is 0.257. The molecule has 0 aromatic rings. The van der Waals surface area contributed by atoms with Crippen molar-refractivity contribution in [2.24, 2.45) is 0 Å². The van der Waals surface area contributed by atoms with Crippen molar-refractivity contribution in [2.45, 2.75) is 38.5 Å². The molecule has 0 fully saturated rings. The second-order valence-corrected chi connectivity index (χ2v) is 2.84. The number of rotatable bonds is 0. The van der Waals surface area contributed by atoms with E-state index in [0.29, 0.717) is 0 Å². The smallest absolute Gasteiger partial charge is 0.500 e. The van der Waals surface area contributed by atoms with Crippen molar-refractivity contribution in [3.8, 4) is 0 Å². The van der Waals surface area contributed by atoms with Gasteiger partial charge in [-0.05, 0) is 0 Å². The summed E-state index contributed by atoms with van der Waals surface area (Å²) in [5.41, 5.74) is 0. The van der Waals surface area contributed by atoms with E-state index in [1.807, 2.05) is 0 Å². The fourth-order valence-electron chi connectivity index (χ4n) is 1.08. The zero-order valence-electron chi connectivity index (χ0n) is 10.5. The molecule has 0 aromatic heterocycles. The minimum absolute atomic E-state index is 0. The van der Waals surface area contributed by atoms with E-state index in [2.05, 4.69) is 36.5 Å². The average molecular weight is 180 g/mol. The molecule has 1 aliphatic carbocycles. The molecule has 1 rings (SSSR count). The zero-order valence-corrected chi connectivity index (χ0v) is 10.5. The maximum Gasteiger partial charge on any atom is 1.00 e. The molecule has 0 spiro atoms. The Morgan fingerprint density at radius 1 is 0.533 bits per heavy atom. The summed E-state index contributed by atoms with van der Waals surface area (Å²) in [6.45, 7) is 0. The first kappa shape index (κ1) is 21.3.